The smallest absolute Gasteiger partial charge is 0.147 e. The van der Waals surface area contributed by atoms with E-state index in [0.29, 0.717) is 0 Å². The van der Waals surface area contributed by atoms with Gasteiger partial charge in [0.2, 0.25) is 0 Å². The first-order valence-corrected chi connectivity index (χ1v) is 1.65. The SMILES string of the molecule is O=NNOI. The molecule has 0 aliphatic heterocycles. The van der Waals surface area contributed by atoms with Crippen LogP contribution in [0.2, 0.25) is 0 Å². The number of halogens is 1. The van der Waals surface area contributed by atoms with E-state index in [2.05, 4.69) is 8.45 Å². The summed E-state index contributed by atoms with van der Waals surface area (Å²) >= 11 is 1.48. The summed E-state index contributed by atoms with van der Waals surface area (Å²) in [4.78, 5) is 8.91. The fraction of sp³-hybridized carbons (Fsp3) is 0. The molecule has 0 aromatic heterocycles. The average molecular weight is 188 g/mol. The largest absolute Gasteiger partial charge is 0.187 e. The maximum absolute atomic E-state index is 8.91. The van der Waals surface area contributed by atoms with Crippen LogP contribution in [0.25, 0.3) is 0 Å². The van der Waals surface area contributed by atoms with E-state index >= 15 is 0 Å². The lowest BCUT2D eigenvalue weighted by atomic mass is 12.8. The lowest BCUT2D eigenvalue weighted by Crippen LogP contribution is -1.92. The van der Waals surface area contributed by atoms with Crippen molar-refractivity contribution in [3.63, 3.8) is 0 Å². The van der Waals surface area contributed by atoms with Gasteiger partial charge in [0.05, 0.1) is 5.29 Å². The predicted octanol–water partition coefficient (Wildman–Crippen LogP) is 0.539. The molecule has 4 nitrogen and oxygen atoms in total. The molecule has 0 saturated carbocycles. The summed E-state index contributed by atoms with van der Waals surface area (Å²) in [6.45, 7) is 0. The van der Waals surface area contributed by atoms with E-state index in [0.717, 1.165) is 0 Å². The van der Waals surface area contributed by atoms with E-state index in [1.807, 2.05) is 0 Å². The second kappa shape index (κ2) is 4.09. The second-order valence-electron chi connectivity index (χ2n) is 0.260. The van der Waals surface area contributed by atoms with Crippen LogP contribution in [-0.2, 0) is 3.17 Å². The van der Waals surface area contributed by atoms with Crippen molar-refractivity contribution < 1.29 is 3.17 Å². The van der Waals surface area contributed by atoms with Crippen LogP contribution in [0.15, 0.2) is 5.29 Å². The number of nitrogens with zero attached hydrogens (tertiary/aromatic N) is 1. The number of hydrogen-bond acceptors (Lipinski definition) is 3. The minimum atomic E-state index is 1.48. The molecular formula is HIN2O2. The Morgan fingerprint density at radius 1 is 2.00 bits per heavy atom. The molecule has 0 saturated heterocycles. The van der Waals surface area contributed by atoms with E-state index in [4.69, 9.17) is 4.91 Å². The lowest BCUT2D eigenvalue weighted by molar-refractivity contribution is 0.288. The van der Waals surface area contributed by atoms with Crippen molar-refractivity contribution in [1.29, 1.82) is 0 Å². The third-order valence-electron chi connectivity index (χ3n) is 0.0718. The van der Waals surface area contributed by atoms with Gasteiger partial charge in [-0.3, -0.25) is 0 Å². The summed E-state index contributed by atoms with van der Waals surface area (Å²) in [5.41, 5.74) is 1.67. The molecule has 0 bridgehead atoms. The van der Waals surface area contributed by atoms with Crippen LogP contribution >= 0.6 is 23.0 Å². The monoisotopic (exact) mass is 188 g/mol. The van der Waals surface area contributed by atoms with Gasteiger partial charge in [-0.2, -0.15) is 3.17 Å². The van der Waals surface area contributed by atoms with Gasteiger partial charge in [-0.15, -0.1) is 10.5 Å². The van der Waals surface area contributed by atoms with Crippen molar-refractivity contribution >= 4 is 23.0 Å². The molecule has 0 aliphatic rings. The topological polar surface area (TPSA) is 50.7 Å². The van der Waals surface area contributed by atoms with Gasteiger partial charge in [-0.1, -0.05) is 0 Å². The Kier molecular flexibility index (Phi) is 4.16. The van der Waals surface area contributed by atoms with Gasteiger partial charge < -0.3 is 0 Å². The van der Waals surface area contributed by atoms with E-state index in [9.17, 15) is 0 Å². The maximum Gasteiger partial charge on any atom is 0.147 e. The minimum absolute atomic E-state index is 1.48. The highest BCUT2D eigenvalue weighted by molar-refractivity contribution is 14.1. The lowest BCUT2D eigenvalue weighted by Gasteiger charge is -1.75. The molecule has 5 heavy (non-hydrogen) atoms. The quantitative estimate of drug-likeness (QED) is 0.390. The summed E-state index contributed by atoms with van der Waals surface area (Å²) in [7, 11) is 0. The predicted molar refractivity (Wildman–Crippen MR) is 24.0 cm³/mol. The number of rotatable bonds is 2. The zero-order valence-corrected chi connectivity index (χ0v) is 4.30. The Labute approximate surface area is 42.5 Å². The Morgan fingerprint density at radius 3 is 2.60 bits per heavy atom. The minimum Gasteiger partial charge on any atom is -0.187 e. The standard InChI is InChI=1S/HIN2O2/c1-5-3-2-4/h(H,3,4). The van der Waals surface area contributed by atoms with Gasteiger partial charge in [0.1, 0.15) is 23.0 Å². The van der Waals surface area contributed by atoms with Crippen LogP contribution in [0.3, 0.4) is 0 Å². The third-order valence-corrected chi connectivity index (χ3v) is 0.269. The van der Waals surface area contributed by atoms with Crippen LogP contribution in [-0.4, -0.2) is 0 Å². The molecule has 1 N–H and O–H groups in total. The zero-order chi connectivity index (χ0) is 4.12. The normalized spacial score (nSPS) is 6.60. The van der Waals surface area contributed by atoms with E-state index in [-0.39, 0.29) is 0 Å². The Balaban J connectivity index is 2.40. The molecule has 0 spiro atoms. The number of nitrogens with one attached hydrogen (secondary N) is 1. The molecule has 0 aliphatic carbocycles. The van der Waals surface area contributed by atoms with E-state index < -0.39 is 0 Å². The highest BCUT2D eigenvalue weighted by atomic mass is 127. The van der Waals surface area contributed by atoms with Crippen molar-refractivity contribution in [2.75, 3.05) is 0 Å². The molecule has 0 rings (SSSR count). The molecule has 0 heterocycles. The van der Waals surface area contributed by atoms with E-state index in [1.54, 1.807) is 5.59 Å². The highest BCUT2D eigenvalue weighted by Crippen LogP contribution is 1.73. The van der Waals surface area contributed by atoms with Crippen LogP contribution in [0.4, 0.5) is 0 Å². The van der Waals surface area contributed by atoms with Gasteiger partial charge in [-0.05, 0) is 0 Å². The second-order valence-corrected chi connectivity index (χ2v) is 0.700. The number of nitroso groups, excluding NO2 is 1. The zero-order valence-electron chi connectivity index (χ0n) is 2.14. The maximum atomic E-state index is 8.91. The van der Waals surface area contributed by atoms with Gasteiger partial charge >= 0.3 is 0 Å². The fourth-order valence-electron chi connectivity index (χ4n) is 0.0141. The average Bonchev–Trinajstić information content (AvgIpc) is 1.41. The number of hydrogen-bond donors (Lipinski definition) is 1. The third kappa shape index (κ3) is 4.09. The van der Waals surface area contributed by atoms with Crippen molar-refractivity contribution in [3.05, 3.63) is 4.91 Å². The molecule has 0 atom stereocenters. The van der Waals surface area contributed by atoms with Crippen molar-refractivity contribution in [1.82, 2.24) is 5.59 Å². The molecule has 0 aromatic carbocycles. The van der Waals surface area contributed by atoms with E-state index in [1.165, 1.54) is 23.0 Å². The Morgan fingerprint density at radius 2 is 2.60 bits per heavy atom. The van der Waals surface area contributed by atoms with Gasteiger partial charge in [0.25, 0.3) is 0 Å². The first-order valence-electron chi connectivity index (χ1n) is 0.765. The van der Waals surface area contributed by atoms with Crippen LogP contribution in [0, 0.1) is 4.91 Å². The summed E-state index contributed by atoms with van der Waals surface area (Å²) < 4.78 is 3.93. The fourth-order valence-corrected chi connectivity index (χ4v) is 0.0945. The van der Waals surface area contributed by atoms with Crippen molar-refractivity contribution in [2.24, 2.45) is 5.29 Å². The molecule has 0 aromatic rings. The summed E-state index contributed by atoms with van der Waals surface area (Å²) in [5.74, 6) is 0. The molecule has 0 amide bonds. The molecule has 5 heteroatoms. The molecule has 0 unspecified atom stereocenters. The molecule has 0 radical (unpaired) electrons. The highest BCUT2D eigenvalue weighted by Gasteiger charge is 1.60. The van der Waals surface area contributed by atoms with Crippen molar-refractivity contribution in [3.8, 4) is 0 Å². The molecule has 0 fully saturated rings. The Bertz CT molecular complexity index is 28.8. The first kappa shape index (κ1) is 5.09. The van der Waals surface area contributed by atoms with Gasteiger partial charge in [0, 0.05) is 0 Å². The van der Waals surface area contributed by atoms with Crippen LogP contribution in [0.5, 0.6) is 0 Å². The van der Waals surface area contributed by atoms with Crippen LogP contribution < -0.4 is 5.59 Å². The molecular weight excluding hydrogens is 187 g/mol. The van der Waals surface area contributed by atoms with Gasteiger partial charge in [-0.25, -0.2) is 0 Å². The molecule has 30 valence electrons. The first-order chi connectivity index (χ1) is 2.41. The van der Waals surface area contributed by atoms with Gasteiger partial charge in [0.15, 0.2) is 0 Å². The summed E-state index contributed by atoms with van der Waals surface area (Å²) in [5, 5.41) is 2.12. The van der Waals surface area contributed by atoms with Crippen molar-refractivity contribution in [2.45, 2.75) is 0 Å². The Hall–Kier alpha value is 0.0900. The summed E-state index contributed by atoms with van der Waals surface area (Å²) in [6, 6.07) is 0. The summed E-state index contributed by atoms with van der Waals surface area (Å²) in [6.07, 6.45) is 0. The van der Waals surface area contributed by atoms with Crippen LogP contribution in [0.1, 0.15) is 0 Å².